The molecular weight excluding hydrogens is 905 g/mol. The highest BCUT2D eigenvalue weighted by Gasteiger charge is 2.51. The van der Waals surface area contributed by atoms with Crippen LogP contribution in [0.3, 0.4) is 0 Å². The van der Waals surface area contributed by atoms with E-state index in [9.17, 15) is 0 Å². The molecule has 0 fully saturated rings. The average molecular weight is 971 g/mol. The second-order valence-corrected chi connectivity index (χ2v) is 23.3. The Morgan fingerprint density at radius 3 is 1.07 bits per heavy atom. The zero-order valence-corrected chi connectivity index (χ0v) is 42.7. The van der Waals surface area contributed by atoms with Crippen molar-refractivity contribution in [1.82, 2.24) is 0 Å². The first-order valence-electron chi connectivity index (χ1n) is 24.9. The maximum atomic E-state index is 7.79. The molecule has 8 rings (SSSR count). The van der Waals surface area contributed by atoms with Crippen LogP contribution >= 0.6 is 0 Å². The number of hydrogen-bond donors (Lipinski definition) is 0. The van der Waals surface area contributed by atoms with Crippen molar-refractivity contribution in [3.63, 3.8) is 0 Å². The van der Waals surface area contributed by atoms with Gasteiger partial charge in [-0.25, -0.2) is 0 Å². The quantitative estimate of drug-likeness (QED) is 0.0323. The molecule has 0 N–H and O–H groups in total. The molecule has 0 saturated carbocycles. The minimum atomic E-state index is -3.12. The van der Waals surface area contributed by atoms with Crippen LogP contribution in [0, 0.1) is 12.3 Å². The summed E-state index contributed by atoms with van der Waals surface area (Å²) in [7, 11) is -3.12. The molecule has 6 nitrogen and oxygen atoms in total. The maximum absolute atomic E-state index is 7.79. The lowest BCUT2D eigenvalue weighted by molar-refractivity contribution is -0.204. The van der Waals surface area contributed by atoms with Gasteiger partial charge in [0.05, 0.1) is 33.0 Å². The zero-order chi connectivity index (χ0) is 49.9. The lowest BCUT2D eigenvalue weighted by atomic mass is 9.80. The summed E-state index contributed by atoms with van der Waals surface area (Å²) in [4.78, 5) is 0. The first-order valence-corrected chi connectivity index (χ1v) is 26.8. The van der Waals surface area contributed by atoms with E-state index in [1.807, 2.05) is 109 Å². The van der Waals surface area contributed by atoms with Crippen molar-refractivity contribution >= 4 is 18.7 Å². The van der Waals surface area contributed by atoms with E-state index in [2.05, 4.69) is 160 Å². The molecule has 0 aliphatic heterocycles. The number of ether oxygens (including phenoxy) is 5. The van der Waals surface area contributed by atoms with Gasteiger partial charge in [0.15, 0.2) is 0 Å². The molecule has 0 aromatic heterocycles. The Morgan fingerprint density at radius 1 is 0.403 bits per heavy atom. The van der Waals surface area contributed by atoms with E-state index in [4.69, 9.17) is 34.5 Å². The van der Waals surface area contributed by atoms with E-state index < -0.39 is 38.3 Å². The molecule has 7 heteroatoms. The van der Waals surface area contributed by atoms with Crippen LogP contribution in [0.2, 0.25) is 5.04 Å². The monoisotopic (exact) mass is 970 g/mol. The van der Waals surface area contributed by atoms with Crippen LogP contribution in [0.1, 0.15) is 54.2 Å². The molecular formula is C65H66O6Si. The zero-order valence-electron chi connectivity index (χ0n) is 41.7. The van der Waals surface area contributed by atoms with Gasteiger partial charge in [-0.3, -0.25) is 0 Å². The maximum Gasteiger partial charge on any atom is 0.261 e. The molecule has 8 aromatic rings. The number of hydrogen-bond acceptors (Lipinski definition) is 6. The molecule has 0 amide bonds. The predicted octanol–water partition coefficient (Wildman–Crippen LogP) is 12.3. The smallest absolute Gasteiger partial charge is 0.261 e. The summed E-state index contributed by atoms with van der Waals surface area (Å²) in [5, 5.41) is 2.00. The Hall–Kier alpha value is -6.70. The van der Waals surface area contributed by atoms with Gasteiger partial charge in [-0.1, -0.05) is 269 Å². The Bertz CT molecular complexity index is 2670. The van der Waals surface area contributed by atoms with Crippen molar-refractivity contribution < 1.29 is 28.1 Å². The largest absolute Gasteiger partial charge is 0.405 e. The molecule has 366 valence electrons. The van der Waals surface area contributed by atoms with Crippen molar-refractivity contribution in [1.29, 1.82) is 0 Å². The van der Waals surface area contributed by atoms with Crippen molar-refractivity contribution in [2.45, 2.75) is 75.6 Å². The van der Waals surface area contributed by atoms with Crippen molar-refractivity contribution in [2.75, 3.05) is 19.8 Å². The summed E-state index contributed by atoms with van der Waals surface area (Å²) in [6.07, 6.45) is 2.96. The molecule has 0 aliphatic carbocycles. The molecule has 0 spiro atoms. The first kappa shape index (κ1) is 51.6. The molecule has 72 heavy (non-hydrogen) atoms. The minimum absolute atomic E-state index is 0.00621. The van der Waals surface area contributed by atoms with Crippen LogP contribution in [-0.2, 0) is 53.5 Å². The number of rotatable bonds is 25. The number of terminal acetylenes is 1. The van der Waals surface area contributed by atoms with Gasteiger partial charge in [0, 0.05) is 0 Å². The Kier molecular flexibility index (Phi) is 18.4. The van der Waals surface area contributed by atoms with Gasteiger partial charge in [-0.15, -0.1) is 6.42 Å². The first-order chi connectivity index (χ1) is 35.3. The normalized spacial score (nSPS) is 13.6. The van der Waals surface area contributed by atoms with Crippen LogP contribution in [0.4, 0.5) is 0 Å². The van der Waals surface area contributed by atoms with Crippen LogP contribution in [-0.4, -0.2) is 52.6 Å². The summed E-state index contributed by atoms with van der Waals surface area (Å²) in [6.45, 7) is 7.85. The van der Waals surface area contributed by atoms with Gasteiger partial charge in [0.25, 0.3) is 8.32 Å². The van der Waals surface area contributed by atoms with Crippen molar-refractivity contribution in [3.8, 4) is 12.3 Å². The second-order valence-electron chi connectivity index (χ2n) is 19.0. The van der Waals surface area contributed by atoms with Crippen LogP contribution in [0.5, 0.6) is 0 Å². The highest BCUT2D eigenvalue weighted by Crippen LogP contribution is 2.42. The summed E-state index contributed by atoms with van der Waals surface area (Å²) < 4.78 is 44.1. The topological polar surface area (TPSA) is 55.4 Å². The van der Waals surface area contributed by atoms with Gasteiger partial charge >= 0.3 is 0 Å². The SMILES string of the molecule is C#CCO[C@H](COC(c1ccccc1)(c1ccccc1)c1ccccc1)[C@@H](OCc1ccccc1)[C@H](OCc1ccccc1)[C@H](CO[Si](c1ccccc1)(c1ccccc1)C(C)(C)C)OCc1ccccc1. The third-order valence-corrected chi connectivity index (χ3v) is 18.2. The molecule has 8 aromatic carbocycles. The predicted molar refractivity (Wildman–Crippen MR) is 292 cm³/mol. The van der Waals surface area contributed by atoms with Crippen LogP contribution in [0.15, 0.2) is 243 Å². The second kappa shape index (κ2) is 25.6. The van der Waals surface area contributed by atoms with E-state index >= 15 is 0 Å². The molecule has 0 bridgehead atoms. The van der Waals surface area contributed by atoms with Gasteiger partial charge in [-0.05, 0) is 48.8 Å². The van der Waals surface area contributed by atoms with Gasteiger partial charge in [0.2, 0.25) is 0 Å². The molecule has 0 radical (unpaired) electrons. The standard InChI is InChI=1S/C65H66O6Si/c1-5-46-66-60(50-70-65(55-36-20-9-21-37-55,56-38-22-10-23-39-56)57-40-24-11-25-41-57)62(68-48-53-32-16-7-17-33-53)63(69-49-54-34-18-8-19-35-54)61(67-47-52-30-14-6-15-31-52)51-71-72(64(2,3)4,58-42-26-12-27-43-58)59-44-28-13-29-45-59/h1,6-45,60-63H,46-51H2,2-4H3/t60-,61+,62-,63-/m1/s1. The molecule has 0 aliphatic rings. The van der Waals surface area contributed by atoms with Gasteiger partial charge in [0.1, 0.15) is 36.6 Å². The van der Waals surface area contributed by atoms with E-state index in [-0.39, 0.29) is 44.7 Å². The molecule has 0 saturated heterocycles. The third-order valence-electron chi connectivity index (χ3n) is 13.2. The fourth-order valence-corrected chi connectivity index (χ4v) is 14.3. The third kappa shape index (κ3) is 12.7. The highest BCUT2D eigenvalue weighted by molar-refractivity contribution is 6.99. The summed E-state index contributed by atoms with van der Waals surface area (Å²) >= 11 is 0. The van der Waals surface area contributed by atoms with Gasteiger partial charge < -0.3 is 28.1 Å². The fourth-order valence-electron chi connectivity index (χ4n) is 9.71. The molecule has 0 unspecified atom stereocenters. The van der Waals surface area contributed by atoms with Crippen LogP contribution < -0.4 is 10.4 Å². The van der Waals surface area contributed by atoms with E-state index in [0.717, 1.165) is 43.8 Å². The summed E-state index contributed by atoms with van der Waals surface area (Å²) in [5.74, 6) is 2.77. The average Bonchev–Trinajstić information content (AvgIpc) is 3.44. The van der Waals surface area contributed by atoms with Gasteiger partial charge in [-0.2, -0.15) is 0 Å². The Balaban J connectivity index is 1.29. The number of benzene rings is 8. The lowest BCUT2D eigenvalue weighted by Crippen LogP contribution is -2.67. The van der Waals surface area contributed by atoms with E-state index in [0.29, 0.717) is 0 Å². The minimum Gasteiger partial charge on any atom is -0.405 e. The summed E-state index contributed by atoms with van der Waals surface area (Å²) in [6, 6.07) is 83.0. The molecule has 4 atom stereocenters. The Labute approximate surface area is 428 Å². The van der Waals surface area contributed by atoms with Crippen LogP contribution in [0.25, 0.3) is 0 Å². The fraction of sp³-hybridized carbons (Fsp3) is 0.231. The van der Waals surface area contributed by atoms with Crippen molar-refractivity contribution in [3.05, 3.63) is 276 Å². The highest BCUT2D eigenvalue weighted by atomic mass is 28.4. The van der Waals surface area contributed by atoms with Crippen molar-refractivity contribution in [2.24, 2.45) is 0 Å². The summed E-state index contributed by atoms with van der Waals surface area (Å²) in [5.41, 5.74) is 4.80. The molecule has 0 heterocycles. The Morgan fingerprint density at radius 2 is 0.722 bits per heavy atom. The lowest BCUT2D eigenvalue weighted by Gasteiger charge is -2.45. The van der Waals surface area contributed by atoms with E-state index in [1.165, 1.54) is 0 Å². The van der Waals surface area contributed by atoms with E-state index in [1.54, 1.807) is 0 Å².